The van der Waals surface area contributed by atoms with Crippen molar-refractivity contribution in [3.8, 4) is 0 Å². The van der Waals surface area contributed by atoms with Crippen LogP contribution < -0.4 is 10.2 Å². The second kappa shape index (κ2) is 8.52. The molecule has 166 valence electrons. The number of nitrogens with zero attached hydrogens (tertiary/aromatic N) is 3. The third-order valence-electron chi connectivity index (χ3n) is 5.22. The lowest BCUT2D eigenvalue weighted by Gasteiger charge is -2.36. The van der Waals surface area contributed by atoms with Gasteiger partial charge in [0.25, 0.3) is 0 Å². The number of nitrogens with one attached hydrogen (secondary N) is 1. The topological polar surface area (TPSA) is 90.0 Å². The average molecular weight is 448 g/mol. The van der Waals surface area contributed by atoms with E-state index < -0.39 is 40.5 Å². The fraction of sp³-hybridized carbons (Fsp3) is 0.556. The maximum absolute atomic E-state index is 13.7. The molecule has 0 aromatic heterocycles. The molecule has 1 fully saturated rings. The smallest absolute Gasteiger partial charge is 0.324 e. The standard InChI is InChI=1S/C18H23F3N4O4S/c1-2-30(28,29)24-9-7-23(8-10-24)12-17(27)25-14-6-4-3-5-13(14)22-16(26)11-15(25)18(19,20)21/h3-6,15H,2,7-12H2,1H3,(H,22,26). The van der Waals surface area contributed by atoms with Crippen LogP contribution in [0.3, 0.4) is 0 Å². The van der Waals surface area contributed by atoms with Crippen molar-refractivity contribution in [2.75, 3.05) is 48.7 Å². The Balaban J connectivity index is 1.81. The number of benzene rings is 1. The van der Waals surface area contributed by atoms with Gasteiger partial charge < -0.3 is 5.32 Å². The van der Waals surface area contributed by atoms with Gasteiger partial charge in [0.05, 0.1) is 30.1 Å². The van der Waals surface area contributed by atoms with E-state index in [1.807, 2.05) is 0 Å². The molecular weight excluding hydrogens is 425 g/mol. The number of piperazine rings is 1. The number of hydrogen-bond acceptors (Lipinski definition) is 5. The number of amides is 2. The molecule has 30 heavy (non-hydrogen) atoms. The molecule has 0 bridgehead atoms. The number of hydrogen-bond donors (Lipinski definition) is 1. The van der Waals surface area contributed by atoms with Crippen molar-refractivity contribution in [2.45, 2.75) is 25.6 Å². The quantitative estimate of drug-likeness (QED) is 0.749. The number of anilines is 2. The Hall–Kier alpha value is -2.18. The lowest BCUT2D eigenvalue weighted by molar-refractivity contribution is -0.158. The van der Waals surface area contributed by atoms with Crippen LogP contribution in [0.2, 0.25) is 0 Å². The number of halogens is 3. The molecule has 2 aliphatic heterocycles. The van der Waals surface area contributed by atoms with E-state index in [1.165, 1.54) is 29.4 Å². The van der Waals surface area contributed by atoms with E-state index in [9.17, 15) is 31.2 Å². The van der Waals surface area contributed by atoms with Gasteiger partial charge in [-0.05, 0) is 19.1 Å². The summed E-state index contributed by atoms with van der Waals surface area (Å²) in [4.78, 5) is 27.3. The lowest BCUT2D eigenvalue weighted by atomic mass is 10.1. The van der Waals surface area contributed by atoms with Crippen LogP contribution >= 0.6 is 0 Å². The van der Waals surface area contributed by atoms with Crippen LogP contribution in [0.15, 0.2) is 24.3 Å². The van der Waals surface area contributed by atoms with Gasteiger partial charge in [0.2, 0.25) is 21.8 Å². The van der Waals surface area contributed by atoms with Crippen LogP contribution in [0.5, 0.6) is 0 Å². The Morgan fingerprint density at radius 2 is 1.80 bits per heavy atom. The van der Waals surface area contributed by atoms with Gasteiger partial charge in [-0.25, -0.2) is 8.42 Å². The monoisotopic (exact) mass is 448 g/mol. The summed E-state index contributed by atoms with van der Waals surface area (Å²) in [7, 11) is -3.36. The summed E-state index contributed by atoms with van der Waals surface area (Å²) in [6, 6.07) is 3.58. The van der Waals surface area contributed by atoms with E-state index in [1.54, 1.807) is 11.0 Å². The Labute approximate surface area is 172 Å². The van der Waals surface area contributed by atoms with E-state index in [0.29, 0.717) is 4.90 Å². The Morgan fingerprint density at radius 3 is 2.40 bits per heavy atom. The molecule has 2 heterocycles. The van der Waals surface area contributed by atoms with E-state index >= 15 is 0 Å². The van der Waals surface area contributed by atoms with Gasteiger partial charge >= 0.3 is 6.18 Å². The largest absolute Gasteiger partial charge is 0.409 e. The molecule has 0 radical (unpaired) electrons. The van der Waals surface area contributed by atoms with Crippen LogP contribution in [-0.2, 0) is 19.6 Å². The molecule has 1 atom stereocenters. The molecule has 1 aromatic carbocycles. The normalized spacial score (nSPS) is 21.7. The van der Waals surface area contributed by atoms with Gasteiger partial charge in [0.15, 0.2) is 0 Å². The fourth-order valence-corrected chi connectivity index (χ4v) is 4.70. The number of carbonyl (C=O) groups is 2. The minimum atomic E-state index is -4.79. The van der Waals surface area contributed by atoms with E-state index in [0.717, 1.165) is 0 Å². The van der Waals surface area contributed by atoms with Gasteiger partial charge in [-0.15, -0.1) is 0 Å². The number of rotatable bonds is 4. The Bertz CT molecular complexity index is 914. The highest BCUT2D eigenvalue weighted by molar-refractivity contribution is 7.89. The molecule has 8 nitrogen and oxygen atoms in total. The number of sulfonamides is 1. The van der Waals surface area contributed by atoms with Crippen molar-refractivity contribution in [3.05, 3.63) is 24.3 Å². The van der Waals surface area contributed by atoms with E-state index in [-0.39, 0.29) is 49.9 Å². The van der Waals surface area contributed by atoms with Gasteiger partial charge in [0.1, 0.15) is 6.04 Å². The minimum absolute atomic E-state index is 0.0112. The average Bonchev–Trinajstić information content (AvgIpc) is 2.84. The molecule has 1 saturated heterocycles. The predicted molar refractivity (Wildman–Crippen MR) is 104 cm³/mol. The number of fused-ring (bicyclic) bond motifs is 1. The molecular formula is C18H23F3N4O4S. The summed E-state index contributed by atoms with van der Waals surface area (Å²) in [5, 5.41) is 2.42. The zero-order valence-electron chi connectivity index (χ0n) is 16.4. The molecule has 1 unspecified atom stereocenters. The summed E-state index contributed by atoms with van der Waals surface area (Å²) in [5.41, 5.74) is 0.129. The van der Waals surface area contributed by atoms with E-state index in [2.05, 4.69) is 5.32 Å². The third kappa shape index (κ3) is 4.76. The molecule has 3 rings (SSSR count). The molecule has 0 aliphatic carbocycles. The number of alkyl halides is 3. The first-order valence-corrected chi connectivity index (χ1v) is 11.1. The highest BCUT2D eigenvalue weighted by Crippen LogP contribution is 2.37. The number of para-hydroxylation sites is 2. The third-order valence-corrected chi connectivity index (χ3v) is 7.10. The maximum Gasteiger partial charge on any atom is 0.409 e. The second-order valence-electron chi connectivity index (χ2n) is 7.17. The summed E-state index contributed by atoms with van der Waals surface area (Å²) < 4.78 is 66.4. The Kier molecular flexibility index (Phi) is 6.39. The SMILES string of the molecule is CCS(=O)(=O)N1CCN(CC(=O)N2c3ccccc3NC(=O)CC2C(F)(F)F)CC1. The molecule has 0 saturated carbocycles. The zero-order chi connectivity index (χ0) is 22.1. The molecule has 12 heteroatoms. The fourth-order valence-electron chi connectivity index (χ4n) is 3.61. The van der Waals surface area contributed by atoms with Crippen LogP contribution in [0.25, 0.3) is 0 Å². The second-order valence-corrected chi connectivity index (χ2v) is 9.42. The van der Waals surface area contributed by atoms with Gasteiger partial charge in [-0.3, -0.25) is 19.4 Å². The summed E-state index contributed by atoms with van der Waals surface area (Å²) in [6.07, 6.45) is -5.69. The van der Waals surface area contributed by atoms with Crippen LogP contribution in [0.1, 0.15) is 13.3 Å². The summed E-state index contributed by atoms with van der Waals surface area (Å²) in [6.45, 7) is 2.03. The maximum atomic E-state index is 13.7. The lowest BCUT2D eigenvalue weighted by Crippen LogP contribution is -2.55. The summed E-state index contributed by atoms with van der Waals surface area (Å²) >= 11 is 0. The molecule has 2 aliphatic rings. The van der Waals surface area contributed by atoms with Crippen LogP contribution in [0.4, 0.5) is 24.5 Å². The van der Waals surface area contributed by atoms with Crippen LogP contribution in [0, 0.1) is 0 Å². The van der Waals surface area contributed by atoms with Crippen LogP contribution in [-0.4, -0.2) is 80.1 Å². The number of carbonyl (C=O) groups excluding carboxylic acids is 2. The summed E-state index contributed by atoms with van der Waals surface area (Å²) in [5.74, 6) is -1.66. The molecule has 1 aromatic rings. The molecule has 2 amide bonds. The first-order valence-electron chi connectivity index (χ1n) is 9.50. The van der Waals surface area contributed by atoms with Crippen molar-refractivity contribution in [2.24, 2.45) is 0 Å². The molecule has 0 spiro atoms. The van der Waals surface area contributed by atoms with Crippen molar-refractivity contribution in [3.63, 3.8) is 0 Å². The first kappa shape index (κ1) is 22.5. The van der Waals surface area contributed by atoms with Crippen molar-refractivity contribution in [1.29, 1.82) is 0 Å². The first-order chi connectivity index (χ1) is 14.0. The molecule has 1 N–H and O–H groups in total. The van der Waals surface area contributed by atoms with Gasteiger partial charge in [0, 0.05) is 26.2 Å². The van der Waals surface area contributed by atoms with Crippen molar-refractivity contribution in [1.82, 2.24) is 9.21 Å². The van der Waals surface area contributed by atoms with Crippen molar-refractivity contribution < 1.29 is 31.2 Å². The van der Waals surface area contributed by atoms with E-state index in [4.69, 9.17) is 0 Å². The minimum Gasteiger partial charge on any atom is -0.324 e. The highest BCUT2D eigenvalue weighted by atomic mass is 32.2. The van der Waals surface area contributed by atoms with Gasteiger partial charge in [-0.2, -0.15) is 17.5 Å². The Morgan fingerprint density at radius 1 is 1.17 bits per heavy atom. The van der Waals surface area contributed by atoms with Crippen molar-refractivity contribution >= 4 is 33.2 Å². The predicted octanol–water partition coefficient (Wildman–Crippen LogP) is 1.26. The highest BCUT2D eigenvalue weighted by Gasteiger charge is 2.49. The van der Waals surface area contributed by atoms with Gasteiger partial charge in [-0.1, -0.05) is 12.1 Å². The zero-order valence-corrected chi connectivity index (χ0v) is 17.2.